The lowest BCUT2D eigenvalue weighted by atomic mass is 9.98. The third kappa shape index (κ3) is 12.5. The van der Waals surface area contributed by atoms with Crippen LogP contribution in [0.15, 0.2) is 95.2 Å². The van der Waals surface area contributed by atoms with Gasteiger partial charge in [-0.15, -0.1) is 0 Å². The van der Waals surface area contributed by atoms with E-state index in [-0.39, 0.29) is 11.1 Å². The van der Waals surface area contributed by atoms with Crippen molar-refractivity contribution >= 4 is 11.9 Å². The zero-order valence-electron chi connectivity index (χ0n) is 27.1. The molecule has 0 radical (unpaired) electrons. The average molecular weight is 679 g/mol. The Morgan fingerprint density at radius 1 is 0.604 bits per heavy atom. The first-order valence-electron chi connectivity index (χ1n) is 15.1. The highest BCUT2D eigenvalue weighted by molar-refractivity contribution is 5.88. The Balaban J connectivity index is 1.91. The lowest BCUT2D eigenvalue weighted by molar-refractivity contribution is -0.326. The van der Waals surface area contributed by atoms with Crippen molar-refractivity contribution in [1.29, 1.82) is 0 Å². The summed E-state index contributed by atoms with van der Waals surface area (Å²) in [5.74, 6) is -1.84. The maximum Gasteiger partial charge on any atom is 0.336 e. The van der Waals surface area contributed by atoms with Crippen molar-refractivity contribution in [1.82, 2.24) is 0 Å². The Labute approximate surface area is 278 Å². The maximum atomic E-state index is 12.7. The standard InChI is InChI=1S/C34H46O14/c1-19(13-9-15-21(3)31(42)43)11-7-5-6-8-12-20(2)14-10-16-22(4)32(44)48-34-30(41)28(39)26(37)24(47-34)18-45-33-29(40)27(38)25(36)23(17-35)46-33/h5-16,23-30,33-41H,17-18H2,1-4H3,(H,42,43). The lowest BCUT2D eigenvalue weighted by Gasteiger charge is -2.42. The van der Waals surface area contributed by atoms with E-state index < -0.39 is 86.6 Å². The first-order valence-corrected chi connectivity index (χ1v) is 15.1. The van der Waals surface area contributed by atoms with Gasteiger partial charge in [0.2, 0.25) is 6.29 Å². The summed E-state index contributed by atoms with van der Waals surface area (Å²) in [5.41, 5.74) is 2.17. The molecule has 2 fully saturated rings. The molecule has 0 aliphatic carbocycles. The third-order valence-electron chi connectivity index (χ3n) is 7.29. The fraction of sp³-hybridized carbons (Fsp3) is 0.471. The number of carbonyl (C=O) groups excluding carboxylic acids is 1. The monoisotopic (exact) mass is 678 g/mol. The maximum absolute atomic E-state index is 12.7. The number of allylic oxidation sites excluding steroid dienone is 14. The average Bonchev–Trinajstić information content (AvgIpc) is 3.05. The molecule has 14 heteroatoms. The van der Waals surface area contributed by atoms with Crippen LogP contribution in [0.25, 0.3) is 0 Å². The van der Waals surface area contributed by atoms with E-state index in [1.807, 2.05) is 50.3 Å². The van der Waals surface area contributed by atoms with E-state index in [4.69, 9.17) is 24.1 Å². The van der Waals surface area contributed by atoms with Crippen LogP contribution in [-0.4, -0.2) is 127 Å². The van der Waals surface area contributed by atoms with Gasteiger partial charge in [0.25, 0.3) is 0 Å². The second-order valence-corrected chi connectivity index (χ2v) is 11.3. The molecule has 2 saturated heterocycles. The molecular formula is C34H46O14. The Kier molecular flexibility index (Phi) is 17.0. The minimum absolute atomic E-state index is 0.132. The molecule has 10 unspecified atom stereocenters. The van der Waals surface area contributed by atoms with Crippen LogP contribution >= 0.6 is 0 Å². The predicted molar refractivity (Wildman–Crippen MR) is 172 cm³/mol. The van der Waals surface area contributed by atoms with Gasteiger partial charge in [-0.2, -0.15) is 0 Å². The fourth-order valence-electron chi connectivity index (χ4n) is 4.23. The first kappa shape index (κ1) is 40.6. The van der Waals surface area contributed by atoms with E-state index in [9.17, 15) is 45.3 Å². The van der Waals surface area contributed by atoms with Gasteiger partial charge in [0.15, 0.2) is 6.29 Å². The summed E-state index contributed by atoms with van der Waals surface area (Å²) in [6.07, 6.45) is 4.65. The summed E-state index contributed by atoms with van der Waals surface area (Å²) in [6, 6.07) is 0. The first-order chi connectivity index (χ1) is 22.7. The number of carbonyl (C=O) groups is 2. The van der Waals surface area contributed by atoms with Crippen molar-refractivity contribution in [3.63, 3.8) is 0 Å². The summed E-state index contributed by atoms with van der Waals surface area (Å²) < 4.78 is 21.3. The van der Waals surface area contributed by atoms with Gasteiger partial charge < -0.3 is 59.8 Å². The smallest absolute Gasteiger partial charge is 0.336 e. The van der Waals surface area contributed by atoms with E-state index in [1.165, 1.54) is 26.0 Å². The van der Waals surface area contributed by atoms with Crippen LogP contribution in [0, 0.1) is 0 Å². The van der Waals surface area contributed by atoms with Crippen LogP contribution in [0.2, 0.25) is 0 Å². The normalized spacial score (nSPS) is 33.0. The molecule has 2 rings (SSSR count). The van der Waals surface area contributed by atoms with Crippen LogP contribution in [0.4, 0.5) is 0 Å². The van der Waals surface area contributed by atoms with Crippen molar-refractivity contribution in [3.05, 3.63) is 95.2 Å². The minimum atomic E-state index is -1.80. The van der Waals surface area contributed by atoms with Gasteiger partial charge in [0, 0.05) is 11.1 Å². The number of ether oxygens (including phenoxy) is 4. The number of rotatable bonds is 14. The highest BCUT2D eigenvalue weighted by Crippen LogP contribution is 2.26. The Hall–Kier alpha value is -3.54. The van der Waals surface area contributed by atoms with Gasteiger partial charge in [-0.25, -0.2) is 9.59 Å². The van der Waals surface area contributed by atoms with E-state index in [2.05, 4.69) is 0 Å². The second kappa shape index (κ2) is 20.1. The molecule has 266 valence electrons. The highest BCUT2D eigenvalue weighted by Gasteiger charge is 2.48. The summed E-state index contributed by atoms with van der Waals surface area (Å²) in [5, 5.41) is 79.2. The molecule has 0 bridgehead atoms. The van der Waals surface area contributed by atoms with Gasteiger partial charge in [-0.3, -0.25) is 0 Å². The van der Waals surface area contributed by atoms with E-state index in [0.717, 1.165) is 11.1 Å². The van der Waals surface area contributed by atoms with Crippen molar-refractivity contribution in [2.75, 3.05) is 13.2 Å². The number of aliphatic carboxylic acids is 1. The molecule has 2 heterocycles. The molecule has 8 N–H and O–H groups in total. The zero-order valence-corrected chi connectivity index (χ0v) is 27.1. The molecule has 0 aromatic heterocycles. The minimum Gasteiger partial charge on any atom is -0.478 e. The van der Waals surface area contributed by atoms with Gasteiger partial charge >= 0.3 is 11.9 Å². The Morgan fingerprint density at radius 3 is 1.60 bits per heavy atom. The predicted octanol–water partition coefficient (Wildman–Crippen LogP) is 0.248. The zero-order chi connectivity index (χ0) is 36.0. The third-order valence-corrected chi connectivity index (χ3v) is 7.29. The number of aliphatic hydroxyl groups is 7. The molecule has 0 amide bonds. The molecular weight excluding hydrogens is 632 g/mol. The number of hydrogen-bond acceptors (Lipinski definition) is 13. The van der Waals surface area contributed by atoms with E-state index in [0.29, 0.717) is 0 Å². The van der Waals surface area contributed by atoms with Crippen molar-refractivity contribution in [3.8, 4) is 0 Å². The second-order valence-electron chi connectivity index (χ2n) is 11.3. The summed E-state index contributed by atoms with van der Waals surface area (Å²) in [6.45, 7) is 5.47. The van der Waals surface area contributed by atoms with Crippen LogP contribution in [-0.2, 0) is 28.5 Å². The molecule has 14 nitrogen and oxygen atoms in total. The molecule has 0 saturated carbocycles. The highest BCUT2D eigenvalue weighted by atomic mass is 16.7. The topological polar surface area (TPSA) is 233 Å². The molecule has 0 spiro atoms. The number of carboxylic acid groups (broad SMARTS) is 1. The molecule has 0 aromatic rings. The van der Waals surface area contributed by atoms with Crippen molar-refractivity contribution in [2.45, 2.75) is 89.1 Å². The quantitative estimate of drug-likeness (QED) is 0.0699. The number of carboxylic acids is 1. The summed E-state index contributed by atoms with van der Waals surface area (Å²) in [4.78, 5) is 23.4. The Bertz CT molecular complexity index is 1320. The van der Waals surface area contributed by atoms with E-state index >= 15 is 0 Å². The number of aliphatic hydroxyl groups excluding tert-OH is 7. The summed E-state index contributed by atoms with van der Waals surface area (Å²) in [7, 11) is 0. The lowest BCUT2D eigenvalue weighted by Crippen LogP contribution is -2.61. The molecule has 10 atom stereocenters. The van der Waals surface area contributed by atoms with Gasteiger partial charge in [0.05, 0.1) is 13.2 Å². The van der Waals surface area contributed by atoms with E-state index in [1.54, 1.807) is 24.3 Å². The van der Waals surface area contributed by atoms with Crippen LogP contribution in [0.1, 0.15) is 27.7 Å². The largest absolute Gasteiger partial charge is 0.478 e. The fourth-order valence-corrected chi connectivity index (χ4v) is 4.23. The van der Waals surface area contributed by atoms with Gasteiger partial charge in [-0.1, -0.05) is 84.1 Å². The SMILES string of the molecule is CC(C=CC=C(C)C(=O)O)=CC=CC=CC=C(C)C=CC=C(C)C(=O)OC1OC(COC2OC(CO)C(O)C(O)C2O)C(O)C(O)C1O. The number of hydrogen-bond donors (Lipinski definition) is 8. The molecule has 2 aliphatic rings. The molecule has 48 heavy (non-hydrogen) atoms. The summed E-state index contributed by atoms with van der Waals surface area (Å²) >= 11 is 0. The van der Waals surface area contributed by atoms with Crippen molar-refractivity contribution < 1.29 is 69.4 Å². The van der Waals surface area contributed by atoms with Gasteiger partial charge in [0.1, 0.15) is 48.8 Å². The Morgan fingerprint density at radius 2 is 1.08 bits per heavy atom. The molecule has 0 aromatic carbocycles. The van der Waals surface area contributed by atoms with Crippen LogP contribution in [0.5, 0.6) is 0 Å². The number of esters is 1. The molecule has 2 aliphatic heterocycles. The van der Waals surface area contributed by atoms with Crippen molar-refractivity contribution in [2.24, 2.45) is 0 Å². The van der Waals surface area contributed by atoms with Crippen LogP contribution in [0.3, 0.4) is 0 Å². The van der Waals surface area contributed by atoms with Crippen LogP contribution < -0.4 is 0 Å². The van der Waals surface area contributed by atoms with Gasteiger partial charge in [-0.05, 0) is 27.7 Å².